The molecule has 1 aromatic carbocycles. The molecule has 6 heteroatoms. The number of nitrogens with zero attached hydrogens (tertiary/aromatic N) is 3. The van der Waals surface area contributed by atoms with Crippen molar-refractivity contribution in [3.63, 3.8) is 0 Å². The Labute approximate surface area is 178 Å². The molecular formula is C24H32N4O2. The monoisotopic (exact) mass is 408 g/mol. The number of likely N-dealkylation sites (tertiary alicyclic amines) is 1. The van der Waals surface area contributed by atoms with Crippen molar-refractivity contribution in [3.8, 4) is 11.1 Å². The van der Waals surface area contributed by atoms with Crippen molar-refractivity contribution in [3.05, 3.63) is 41.2 Å². The van der Waals surface area contributed by atoms with Crippen molar-refractivity contribution < 1.29 is 9.59 Å². The zero-order valence-corrected chi connectivity index (χ0v) is 18.1. The van der Waals surface area contributed by atoms with E-state index in [1.807, 2.05) is 11.8 Å². The van der Waals surface area contributed by atoms with Gasteiger partial charge in [-0.1, -0.05) is 12.1 Å². The topological polar surface area (TPSA) is 71.6 Å². The molecule has 0 bridgehead atoms. The lowest BCUT2D eigenvalue weighted by Crippen LogP contribution is -2.26. The average molecular weight is 409 g/mol. The summed E-state index contributed by atoms with van der Waals surface area (Å²) < 4.78 is 2.18. The summed E-state index contributed by atoms with van der Waals surface area (Å²) in [6.45, 7) is 8.65. The largest absolute Gasteiger partial charge is 0.372 e. The van der Waals surface area contributed by atoms with Crippen LogP contribution in [0.25, 0.3) is 11.1 Å². The first-order valence-electron chi connectivity index (χ1n) is 11.1. The molecule has 0 saturated carbocycles. The third-order valence-corrected chi connectivity index (χ3v) is 6.64. The summed E-state index contributed by atoms with van der Waals surface area (Å²) in [6.07, 6.45) is 5.00. The third-order valence-electron chi connectivity index (χ3n) is 6.64. The minimum absolute atomic E-state index is 0.257. The number of hydrogen-bond acceptors (Lipinski definition) is 3. The van der Waals surface area contributed by atoms with E-state index in [-0.39, 0.29) is 11.8 Å². The maximum absolute atomic E-state index is 12.3. The number of primary amides is 1. The number of carbonyl (C=O) groups is 2. The molecule has 30 heavy (non-hydrogen) atoms. The SMILES string of the molecule is Cc1c(C(N)=O)c(-c2ccc(N3CCCC3)cc2)c(C)n1CCCN1CCCC1=O. The van der Waals surface area contributed by atoms with Gasteiger partial charge in [0.15, 0.2) is 0 Å². The quantitative estimate of drug-likeness (QED) is 0.762. The highest BCUT2D eigenvalue weighted by Crippen LogP contribution is 2.34. The molecule has 160 valence electrons. The number of hydrogen-bond donors (Lipinski definition) is 1. The van der Waals surface area contributed by atoms with Crippen molar-refractivity contribution in [2.24, 2.45) is 5.73 Å². The van der Waals surface area contributed by atoms with E-state index in [4.69, 9.17) is 5.73 Å². The van der Waals surface area contributed by atoms with Gasteiger partial charge in [-0.25, -0.2) is 0 Å². The number of carbonyl (C=O) groups excluding carboxylic acids is 2. The summed E-state index contributed by atoms with van der Waals surface area (Å²) in [7, 11) is 0. The molecule has 2 N–H and O–H groups in total. The first kappa shape index (κ1) is 20.5. The zero-order valence-electron chi connectivity index (χ0n) is 18.1. The van der Waals surface area contributed by atoms with Crippen LogP contribution in [-0.4, -0.2) is 47.5 Å². The van der Waals surface area contributed by atoms with Crippen molar-refractivity contribution in [2.75, 3.05) is 31.1 Å². The molecule has 2 aliphatic rings. The van der Waals surface area contributed by atoms with E-state index in [9.17, 15) is 9.59 Å². The van der Waals surface area contributed by atoms with Crippen LogP contribution in [0.5, 0.6) is 0 Å². The van der Waals surface area contributed by atoms with Crippen LogP contribution in [-0.2, 0) is 11.3 Å². The van der Waals surface area contributed by atoms with Crippen LogP contribution >= 0.6 is 0 Å². The third kappa shape index (κ3) is 3.83. The smallest absolute Gasteiger partial charge is 0.251 e. The number of rotatable bonds is 7. The summed E-state index contributed by atoms with van der Waals surface area (Å²) in [6, 6.07) is 8.51. The number of amides is 2. The first-order valence-corrected chi connectivity index (χ1v) is 11.1. The summed E-state index contributed by atoms with van der Waals surface area (Å²) >= 11 is 0. The van der Waals surface area contributed by atoms with Crippen molar-refractivity contribution in [1.29, 1.82) is 0 Å². The van der Waals surface area contributed by atoms with Gasteiger partial charge in [-0.05, 0) is 57.2 Å². The first-order chi connectivity index (χ1) is 14.5. The van der Waals surface area contributed by atoms with Gasteiger partial charge in [-0.3, -0.25) is 9.59 Å². The maximum atomic E-state index is 12.3. The second kappa shape index (κ2) is 8.54. The van der Waals surface area contributed by atoms with Gasteiger partial charge in [-0.15, -0.1) is 0 Å². The van der Waals surface area contributed by atoms with Gasteiger partial charge in [0.05, 0.1) is 5.56 Å². The maximum Gasteiger partial charge on any atom is 0.251 e. The van der Waals surface area contributed by atoms with Gasteiger partial charge in [0, 0.05) is 61.8 Å². The molecule has 0 radical (unpaired) electrons. The molecule has 0 aliphatic carbocycles. The highest BCUT2D eigenvalue weighted by molar-refractivity contribution is 6.02. The number of anilines is 1. The number of aromatic nitrogens is 1. The predicted molar refractivity (Wildman–Crippen MR) is 120 cm³/mol. The summed E-state index contributed by atoms with van der Waals surface area (Å²) in [4.78, 5) is 28.5. The molecule has 2 amide bonds. The molecule has 2 aliphatic heterocycles. The van der Waals surface area contributed by atoms with Crippen LogP contribution in [0, 0.1) is 13.8 Å². The van der Waals surface area contributed by atoms with E-state index >= 15 is 0 Å². The molecule has 3 heterocycles. The molecule has 1 aromatic heterocycles. The normalized spacial score (nSPS) is 16.7. The van der Waals surface area contributed by atoms with Gasteiger partial charge in [0.1, 0.15) is 0 Å². The van der Waals surface area contributed by atoms with Gasteiger partial charge < -0.3 is 20.1 Å². The highest BCUT2D eigenvalue weighted by atomic mass is 16.2. The Morgan fingerprint density at radius 1 is 0.967 bits per heavy atom. The Balaban J connectivity index is 1.58. The minimum Gasteiger partial charge on any atom is -0.372 e. The minimum atomic E-state index is -0.386. The lowest BCUT2D eigenvalue weighted by atomic mass is 9.99. The van der Waals surface area contributed by atoms with Crippen LogP contribution in [0.1, 0.15) is 53.8 Å². The van der Waals surface area contributed by atoms with Gasteiger partial charge in [0.2, 0.25) is 5.91 Å². The summed E-state index contributed by atoms with van der Waals surface area (Å²) in [5, 5.41) is 0. The summed E-state index contributed by atoms with van der Waals surface area (Å²) in [5.41, 5.74) is 11.6. The molecule has 0 unspecified atom stereocenters. The van der Waals surface area contributed by atoms with Gasteiger partial charge in [-0.2, -0.15) is 0 Å². The van der Waals surface area contributed by atoms with E-state index in [0.29, 0.717) is 12.0 Å². The van der Waals surface area contributed by atoms with Crippen LogP contribution < -0.4 is 10.6 Å². The lowest BCUT2D eigenvalue weighted by molar-refractivity contribution is -0.127. The Morgan fingerprint density at radius 2 is 1.67 bits per heavy atom. The average Bonchev–Trinajstić information content (AvgIpc) is 3.45. The highest BCUT2D eigenvalue weighted by Gasteiger charge is 2.24. The van der Waals surface area contributed by atoms with Crippen LogP contribution in [0.3, 0.4) is 0 Å². The Kier molecular flexibility index (Phi) is 5.84. The van der Waals surface area contributed by atoms with Crippen molar-refractivity contribution in [1.82, 2.24) is 9.47 Å². The van der Waals surface area contributed by atoms with Crippen molar-refractivity contribution >= 4 is 17.5 Å². The Morgan fingerprint density at radius 3 is 2.27 bits per heavy atom. The fourth-order valence-electron chi connectivity index (χ4n) is 5.05. The molecular weight excluding hydrogens is 376 g/mol. The molecule has 2 fully saturated rings. The molecule has 2 aromatic rings. The van der Waals surface area contributed by atoms with Gasteiger partial charge >= 0.3 is 0 Å². The molecule has 0 atom stereocenters. The number of nitrogens with two attached hydrogens (primary N) is 1. The van der Waals surface area contributed by atoms with Crippen LogP contribution in [0.4, 0.5) is 5.69 Å². The van der Waals surface area contributed by atoms with E-state index in [2.05, 4.69) is 40.7 Å². The van der Waals surface area contributed by atoms with Crippen LogP contribution in [0.15, 0.2) is 24.3 Å². The molecule has 4 rings (SSSR count). The van der Waals surface area contributed by atoms with E-state index in [1.165, 1.54) is 18.5 Å². The number of benzene rings is 1. The predicted octanol–water partition coefficient (Wildman–Crippen LogP) is 3.48. The van der Waals surface area contributed by atoms with Gasteiger partial charge in [0.25, 0.3) is 5.91 Å². The zero-order chi connectivity index (χ0) is 21.3. The fraction of sp³-hybridized carbons (Fsp3) is 0.500. The Hall–Kier alpha value is -2.76. The molecule has 0 spiro atoms. The summed E-state index contributed by atoms with van der Waals surface area (Å²) in [5.74, 6) is -0.129. The fourth-order valence-corrected chi connectivity index (χ4v) is 5.05. The van der Waals surface area contributed by atoms with Crippen molar-refractivity contribution in [2.45, 2.75) is 52.5 Å². The van der Waals surface area contributed by atoms with E-state index in [0.717, 1.165) is 68.1 Å². The molecule has 6 nitrogen and oxygen atoms in total. The van der Waals surface area contributed by atoms with E-state index in [1.54, 1.807) is 0 Å². The molecule has 2 saturated heterocycles. The van der Waals surface area contributed by atoms with Crippen LogP contribution in [0.2, 0.25) is 0 Å². The van der Waals surface area contributed by atoms with E-state index < -0.39 is 0 Å². The lowest BCUT2D eigenvalue weighted by Gasteiger charge is -2.18. The second-order valence-electron chi connectivity index (χ2n) is 8.52. The Bertz CT molecular complexity index is 939. The standard InChI is InChI=1S/C24H32N4O2/c1-17-22(19-8-10-20(11-9-19)26-12-3-4-13-26)23(24(25)30)18(2)28(17)16-6-15-27-14-5-7-21(27)29/h8-11H,3-7,12-16H2,1-2H3,(H2,25,30). The second-order valence-corrected chi connectivity index (χ2v) is 8.52.